The van der Waals surface area contributed by atoms with Gasteiger partial charge < -0.3 is 10.1 Å². The van der Waals surface area contributed by atoms with Crippen LogP contribution in [0.4, 0.5) is 0 Å². The van der Waals surface area contributed by atoms with Crippen molar-refractivity contribution in [1.29, 1.82) is 0 Å². The van der Waals surface area contributed by atoms with Crippen LogP contribution in [-0.4, -0.2) is 19.1 Å². The van der Waals surface area contributed by atoms with Crippen molar-refractivity contribution in [3.8, 4) is 5.75 Å². The number of amides is 1. The predicted octanol–water partition coefficient (Wildman–Crippen LogP) is 5.66. The zero-order chi connectivity index (χ0) is 19.5. The largest absolute Gasteiger partial charge is 0.493 e. The maximum Gasteiger partial charge on any atom is 0.244 e. The average molecular weight is 366 g/mol. The van der Waals surface area contributed by atoms with E-state index >= 15 is 0 Å². The van der Waals surface area contributed by atoms with Crippen LogP contribution in [0, 0.1) is 5.92 Å². The molecule has 2 aromatic carbocycles. The number of hydrogen-bond donors (Lipinski definition) is 1. The quantitative estimate of drug-likeness (QED) is 0.335. The van der Waals surface area contributed by atoms with Crippen LogP contribution in [0.15, 0.2) is 66.3 Å². The second kappa shape index (κ2) is 11.2. The van der Waals surface area contributed by atoms with Gasteiger partial charge in [-0.2, -0.15) is 0 Å². The van der Waals surface area contributed by atoms with Gasteiger partial charge in [0.2, 0.25) is 5.91 Å². The lowest BCUT2D eigenvalue weighted by atomic mass is 10.1. The number of carbonyl (C=O) groups excluding carboxylic acids is 1. The van der Waals surface area contributed by atoms with Gasteiger partial charge in [0.15, 0.2) is 0 Å². The Kier molecular flexibility index (Phi) is 8.63. The minimum absolute atomic E-state index is 0.0191. The van der Waals surface area contributed by atoms with E-state index in [1.54, 1.807) is 6.08 Å². The molecular formula is C24H31NO2. The Morgan fingerprint density at radius 3 is 2.70 bits per heavy atom. The molecule has 0 saturated heterocycles. The van der Waals surface area contributed by atoms with Crippen molar-refractivity contribution in [1.82, 2.24) is 5.32 Å². The van der Waals surface area contributed by atoms with Gasteiger partial charge in [0.25, 0.3) is 0 Å². The second-order valence-corrected chi connectivity index (χ2v) is 7.25. The second-order valence-electron chi connectivity index (χ2n) is 7.25. The molecule has 0 saturated carbocycles. The van der Waals surface area contributed by atoms with E-state index in [0.29, 0.717) is 19.1 Å². The lowest BCUT2D eigenvalue weighted by Gasteiger charge is -2.08. The van der Waals surface area contributed by atoms with Gasteiger partial charge in [-0.1, -0.05) is 62.4 Å². The Hall–Kier alpha value is -2.55. The molecule has 2 aromatic rings. The third kappa shape index (κ3) is 7.69. The molecule has 0 radical (unpaired) electrons. The Labute approximate surface area is 163 Å². The number of carbonyl (C=O) groups is 1. The number of hydrogen-bond acceptors (Lipinski definition) is 2. The van der Waals surface area contributed by atoms with Crippen LogP contribution in [0.3, 0.4) is 0 Å². The summed E-state index contributed by atoms with van der Waals surface area (Å²) >= 11 is 0. The molecule has 0 aliphatic heterocycles. The molecule has 0 heterocycles. The first kappa shape index (κ1) is 20.8. The van der Waals surface area contributed by atoms with E-state index in [9.17, 15) is 4.79 Å². The van der Waals surface area contributed by atoms with Crippen molar-refractivity contribution in [3.63, 3.8) is 0 Å². The van der Waals surface area contributed by atoms with Gasteiger partial charge in [0.05, 0.1) is 6.61 Å². The summed E-state index contributed by atoms with van der Waals surface area (Å²) in [5, 5.41) is 5.26. The lowest BCUT2D eigenvalue weighted by Crippen LogP contribution is -2.25. The van der Waals surface area contributed by atoms with Gasteiger partial charge in [0.1, 0.15) is 5.75 Å². The van der Waals surface area contributed by atoms with Gasteiger partial charge in [-0.25, -0.2) is 0 Å². The summed E-state index contributed by atoms with van der Waals surface area (Å²) in [6.07, 6.45) is 8.85. The van der Waals surface area contributed by atoms with E-state index in [1.807, 2.05) is 37.3 Å². The van der Waals surface area contributed by atoms with Crippen molar-refractivity contribution in [3.05, 3.63) is 66.3 Å². The first-order chi connectivity index (χ1) is 13.1. The molecule has 0 bridgehead atoms. The third-order valence-corrected chi connectivity index (χ3v) is 4.20. The molecule has 0 spiro atoms. The van der Waals surface area contributed by atoms with Gasteiger partial charge in [0, 0.05) is 18.0 Å². The highest BCUT2D eigenvalue weighted by atomic mass is 16.5. The molecule has 2 rings (SSSR count). The molecule has 0 aromatic heterocycles. The third-order valence-electron chi connectivity index (χ3n) is 4.20. The summed E-state index contributed by atoms with van der Waals surface area (Å²) in [5.41, 5.74) is 0.975. The SMILES string of the molecule is CC(/C=C/CCCCOc1cccc2ccccc12)=C\C(=O)NCC(C)C. The van der Waals surface area contributed by atoms with E-state index in [4.69, 9.17) is 4.74 Å². The molecule has 3 nitrogen and oxygen atoms in total. The molecule has 0 aliphatic rings. The fraction of sp³-hybridized carbons (Fsp3) is 0.375. The smallest absolute Gasteiger partial charge is 0.244 e. The number of nitrogens with one attached hydrogen (secondary N) is 1. The van der Waals surface area contributed by atoms with E-state index < -0.39 is 0 Å². The molecule has 0 aliphatic carbocycles. The minimum Gasteiger partial charge on any atom is -0.493 e. The summed E-state index contributed by atoms with van der Waals surface area (Å²) in [6.45, 7) is 7.55. The number of fused-ring (bicyclic) bond motifs is 1. The van der Waals surface area contributed by atoms with Crippen molar-refractivity contribution < 1.29 is 9.53 Å². The fourth-order valence-corrected chi connectivity index (χ4v) is 2.75. The highest BCUT2D eigenvalue weighted by Gasteiger charge is 2.01. The monoisotopic (exact) mass is 365 g/mol. The minimum atomic E-state index is -0.0191. The van der Waals surface area contributed by atoms with Crippen LogP contribution < -0.4 is 10.1 Å². The summed E-state index contributed by atoms with van der Waals surface area (Å²) in [5.74, 6) is 1.40. The Morgan fingerprint density at radius 2 is 1.89 bits per heavy atom. The highest BCUT2D eigenvalue weighted by Crippen LogP contribution is 2.25. The van der Waals surface area contributed by atoms with Crippen LogP contribution in [0.1, 0.15) is 40.0 Å². The molecular weight excluding hydrogens is 334 g/mol. The number of benzene rings is 2. The Morgan fingerprint density at radius 1 is 1.11 bits per heavy atom. The van der Waals surface area contributed by atoms with Crippen LogP contribution >= 0.6 is 0 Å². The number of unbranched alkanes of at least 4 members (excludes halogenated alkanes) is 2. The maximum atomic E-state index is 11.7. The summed E-state index contributed by atoms with van der Waals surface area (Å²) < 4.78 is 5.96. The van der Waals surface area contributed by atoms with Gasteiger partial charge in [-0.3, -0.25) is 4.79 Å². The topological polar surface area (TPSA) is 38.3 Å². The zero-order valence-electron chi connectivity index (χ0n) is 16.7. The highest BCUT2D eigenvalue weighted by molar-refractivity contribution is 5.88. The summed E-state index contributed by atoms with van der Waals surface area (Å²) in [6, 6.07) is 14.5. The Balaban J connectivity index is 1.66. The summed E-state index contributed by atoms with van der Waals surface area (Å²) in [4.78, 5) is 11.7. The fourth-order valence-electron chi connectivity index (χ4n) is 2.75. The molecule has 1 amide bonds. The van der Waals surface area contributed by atoms with Gasteiger partial charge >= 0.3 is 0 Å². The van der Waals surface area contributed by atoms with E-state index in [-0.39, 0.29) is 5.91 Å². The van der Waals surface area contributed by atoms with Crippen molar-refractivity contribution >= 4 is 16.7 Å². The molecule has 27 heavy (non-hydrogen) atoms. The standard InChI is InChI=1S/C24H31NO2/c1-19(2)18-25-24(26)17-20(3)11-6-4-5-9-16-27-23-15-10-13-21-12-7-8-14-22(21)23/h6-8,10-15,17,19H,4-5,9,16,18H2,1-3H3,(H,25,26)/b11-6+,20-17+. The number of ether oxygens (including phenoxy) is 1. The lowest BCUT2D eigenvalue weighted by molar-refractivity contribution is -0.116. The van der Waals surface area contributed by atoms with Gasteiger partial charge in [-0.15, -0.1) is 0 Å². The predicted molar refractivity (Wildman–Crippen MR) is 114 cm³/mol. The zero-order valence-corrected chi connectivity index (χ0v) is 16.7. The first-order valence-corrected chi connectivity index (χ1v) is 9.79. The number of rotatable bonds is 10. The van der Waals surface area contributed by atoms with Gasteiger partial charge in [-0.05, 0) is 49.1 Å². The summed E-state index contributed by atoms with van der Waals surface area (Å²) in [7, 11) is 0. The molecule has 0 fully saturated rings. The van der Waals surface area contributed by atoms with E-state index in [2.05, 4.69) is 43.4 Å². The Bertz CT molecular complexity index is 785. The first-order valence-electron chi connectivity index (χ1n) is 9.79. The number of allylic oxidation sites excluding steroid dienone is 3. The maximum absolute atomic E-state index is 11.7. The van der Waals surface area contributed by atoms with Crippen LogP contribution in [-0.2, 0) is 4.79 Å². The molecule has 0 atom stereocenters. The van der Waals surface area contributed by atoms with Crippen LogP contribution in [0.25, 0.3) is 10.8 Å². The van der Waals surface area contributed by atoms with Crippen molar-refractivity contribution in [2.24, 2.45) is 5.92 Å². The molecule has 0 unspecified atom stereocenters. The molecule has 3 heteroatoms. The van der Waals surface area contributed by atoms with E-state index in [1.165, 1.54) is 5.39 Å². The van der Waals surface area contributed by atoms with Crippen molar-refractivity contribution in [2.75, 3.05) is 13.2 Å². The molecule has 1 N–H and O–H groups in total. The van der Waals surface area contributed by atoms with E-state index in [0.717, 1.165) is 36.0 Å². The molecule has 144 valence electrons. The van der Waals surface area contributed by atoms with Crippen LogP contribution in [0.5, 0.6) is 5.75 Å². The normalized spacial score (nSPS) is 12.1. The van der Waals surface area contributed by atoms with Crippen LogP contribution in [0.2, 0.25) is 0 Å². The average Bonchev–Trinajstić information content (AvgIpc) is 2.65. The van der Waals surface area contributed by atoms with Crippen molar-refractivity contribution in [2.45, 2.75) is 40.0 Å².